The summed E-state index contributed by atoms with van der Waals surface area (Å²) < 4.78 is 1.13. The Morgan fingerprint density at radius 1 is 1.05 bits per heavy atom. The van der Waals surface area contributed by atoms with Gasteiger partial charge in [-0.3, -0.25) is 0 Å². The van der Waals surface area contributed by atoms with Gasteiger partial charge in [0.1, 0.15) is 0 Å². The number of benzene rings is 2. The van der Waals surface area contributed by atoms with Crippen LogP contribution >= 0.6 is 15.9 Å². The molecule has 0 aromatic heterocycles. The number of rotatable bonds is 4. The molecule has 2 rings (SSSR count). The van der Waals surface area contributed by atoms with Crippen molar-refractivity contribution in [2.24, 2.45) is 5.41 Å². The molecular weight excluding hydrogens is 310 g/mol. The topological polar surface area (TPSA) is 12.0 Å². The summed E-state index contributed by atoms with van der Waals surface area (Å²) in [5.74, 6) is 0. The van der Waals surface area contributed by atoms with E-state index in [-0.39, 0.29) is 0 Å². The lowest BCUT2D eigenvalue weighted by Crippen LogP contribution is -2.18. The Labute approximate surface area is 130 Å². The number of fused-ring (bicyclic) bond motifs is 1. The SMILES string of the molecule is CNC(CCC(C)(C)C)c1ccc2cc(Br)ccc2c1. The van der Waals surface area contributed by atoms with E-state index in [2.05, 4.69) is 85.5 Å². The van der Waals surface area contributed by atoms with Crippen LogP contribution in [0.2, 0.25) is 0 Å². The first-order valence-electron chi connectivity index (χ1n) is 7.25. The maximum atomic E-state index is 3.53. The van der Waals surface area contributed by atoms with Gasteiger partial charge in [-0.05, 0) is 59.8 Å². The molecule has 2 aromatic carbocycles. The van der Waals surface area contributed by atoms with Crippen LogP contribution in [-0.4, -0.2) is 7.05 Å². The van der Waals surface area contributed by atoms with Crippen molar-refractivity contribution in [1.82, 2.24) is 5.32 Å². The van der Waals surface area contributed by atoms with E-state index < -0.39 is 0 Å². The van der Waals surface area contributed by atoms with Gasteiger partial charge in [0.25, 0.3) is 0 Å². The molecule has 0 saturated carbocycles. The number of halogens is 1. The zero-order valence-corrected chi connectivity index (χ0v) is 14.4. The summed E-state index contributed by atoms with van der Waals surface area (Å²) in [6, 6.07) is 13.7. The van der Waals surface area contributed by atoms with Crippen molar-refractivity contribution in [1.29, 1.82) is 0 Å². The van der Waals surface area contributed by atoms with Gasteiger partial charge in [0.2, 0.25) is 0 Å². The van der Waals surface area contributed by atoms with Crippen LogP contribution in [0.4, 0.5) is 0 Å². The molecule has 0 fully saturated rings. The standard InChI is InChI=1S/C18H24BrN/c1-18(2,3)10-9-17(20-4)15-6-5-14-12-16(19)8-7-13(14)11-15/h5-8,11-12,17,20H,9-10H2,1-4H3. The maximum Gasteiger partial charge on any atom is 0.0317 e. The van der Waals surface area contributed by atoms with Gasteiger partial charge in [0.05, 0.1) is 0 Å². The Morgan fingerprint density at radius 3 is 2.35 bits per heavy atom. The zero-order valence-electron chi connectivity index (χ0n) is 12.8. The van der Waals surface area contributed by atoms with Gasteiger partial charge in [0.15, 0.2) is 0 Å². The maximum absolute atomic E-state index is 3.53. The van der Waals surface area contributed by atoms with Crippen molar-refractivity contribution in [3.05, 3.63) is 46.4 Å². The molecule has 0 bridgehead atoms. The predicted molar refractivity (Wildman–Crippen MR) is 92.1 cm³/mol. The van der Waals surface area contributed by atoms with Crippen LogP contribution in [0, 0.1) is 5.41 Å². The summed E-state index contributed by atoms with van der Waals surface area (Å²) in [4.78, 5) is 0. The van der Waals surface area contributed by atoms with E-state index in [0.717, 1.165) is 4.47 Å². The zero-order chi connectivity index (χ0) is 14.8. The van der Waals surface area contributed by atoms with E-state index in [1.165, 1.54) is 29.2 Å². The van der Waals surface area contributed by atoms with Gasteiger partial charge in [-0.15, -0.1) is 0 Å². The van der Waals surface area contributed by atoms with Crippen LogP contribution in [0.25, 0.3) is 10.8 Å². The lowest BCUT2D eigenvalue weighted by Gasteiger charge is -2.23. The molecule has 0 saturated heterocycles. The van der Waals surface area contributed by atoms with Gasteiger partial charge in [0, 0.05) is 10.5 Å². The first kappa shape index (κ1) is 15.5. The molecule has 20 heavy (non-hydrogen) atoms. The minimum absolute atomic E-state index is 0.386. The van der Waals surface area contributed by atoms with Gasteiger partial charge in [-0.25, -0.2) is 0 Å². The second-order valence-corrected chi connectivity index (χ2v) is 7.61. The molecule has 2 aromatic rings. The highest BCUT2D eigenvalue weighted by molar-refractivity contribution is 9.10. The smallest absolute Gasteiger partial charge is 0.0317 e. The van der Waals surface area contributed by atoms with E-state index >= 15 is 0 Å². The fraction of sp³-hybridized carbons (Fsp3) is 0.444. The molecule has 1 unspecified atom stereocenters. The molecule has 0 heterocycles. The molecule has 0 spiro atoms. The molecule has 108 valence electrons. The average molecular weight is 334 g/mol. The lowest BCUT2D eigenvalue weighted by molar-refractivity contribution is 0.338. The molecule has 1 atom stereocenters. The van der Waals surface area contributed by atoms with Crippen LogP contribution in [-0.2, 0) is 0 Å². The lowest BCUT2D eigenvalue weighted by atomic mass is 9.87. The third-order valence-electron chi connectivity index (χ3n) is 3.76. The fourth-order valence-corrected chi connectivity index (χ4v) is 2.89. The van der Waals surface area contributed by atoms with Crippen molar-refractivity contribution in [2.75, 3.05) is 7.05 Å². The highest BCUT2D eigenvalue weighted by Crippen LogP contribution is 2.29. The molecular formula is C18H24BrN. The highest BCUT2D eigenvalue weighted by Gasteiger charge is 2.15. The van der Waals surface area contributed by atoms with E-state index in [4.69, 9.17) is 0 Å². The van der Waals surface area contributed by atoms with Crippen molar-refractivity contribution in [2.45, 2.75) is 39.7 Å². The van der Waals surface area contributed by atoms with Crippen molar-refractivity contribution in [3.8, 4) is 0 Å². The van der Waals surface area contributed by atoms with Gasteiger partial charge in [-0.2, -0.15) is 0 Å². The molecule has 2 heteroatoms. The molecule has 1 N–H and O–H groups in total. The van der Waals surface area contributed by atoms with Crippen LogP contribution in [0.3, 0.4) is 0 Å². The van der Waals surface area contributed by atoms with Crippen molar-refractivity contribution in [3.63, 3.8) is 0 Å². The van der Waals surface area contributed by atoms with Crippen LogP contribution in [0.15, 0.2) is 40.9 Å². The molecule has 0 aliphatic carbocycles. The first-order chi connectivity index (χ1) is 9.39. The van der Waals surface area contributed by atoms with E-state index in [1.807, 2.05) is 0 Å². The van der Waals surface area contributed by atoms with Crippen molar-refractivity contribution >= 4 is 26.7 Å². The Morgan fingerprint density at radius 2 is 1.70 bits per heavy atom. The third kappa shape index (κ3) is 4.07. The van der Waals surface area contributed by atoms with Crippen LogP contribution in [0.1, 0.15) is 45.2 Å². The van der Waals surface area contributed by atoms with Gasteiger partial charge >= 0.3 is 0 Å². The summed E-state index contributed by atoms with van der Waals surface area (Å²) in [7, 11) is 2.05. The minimum Gasteiger partial charge on any atom is -0.313 e. The summed E-state index contributed by atoms with van der Waals surface area (Å²) >= 11 is 3.53. The Bertz CT molecular complexity index is 583. The Balaban J connectivity index is 2.23. The molecule has 0 radical (unpaired) electrons. The number of nitrogens with one attached hydrogen (secondary N) is 1. The quantitative estimate of drug-likeness (QED) is 0.757. The monoisotopic (exact) mass is 333 g/mol. The summed E-state index contributed by atoms with van der Waals surface area (Å²) in [6.45, 7) is 6.91. The predicted octanol–water partition coefficient (Wildman–Crippen LogP) is 5.69. The number of hydrogen-bond donors (Lipinski definition) is 1. The summed E-state index contributed by atoms with van der Waals surface area (Å²) in [5, 5.41) is 6.05. The molecule has 1 nitrogen and oxygen atoms in total. The molecule has 0 aliphatic heterocycles. The van der Waals surface area contributed by atoms with Crippen LogP contribution < -0.4 is 5.32 Å². The van der Waals surface area contributed by atoms with Gasteiger partial charge < -0.3 is 5.32 Å². The van der Waals surface area contributed by atoms with E-state index in [0.29, 0.717) is 11.5 Å². The highest BCUT2D eigenvalue weighted by atomic mass is 79.9. The second kappa shape index (κ2) is 6.28. The fourth-order valence-electron chi connectivity index (χ4n) is 2.51. The normalized spacial score (nSPS) is 13.7. The second-order valence-electron chi connectivity index (χ2n) is 6.69. The number of hydrogen-bond acceptors (Lipinski definition) is 1. The summed E-state index contributed by atoms with van der Waals surface area (Å²) in [5.41, 5.74) is 1.77. The summed E-state index contributed by atoms with van der Waals surface area (Å²) in [6.07, 6.45) is 2.39. The van der Waals surface area contributed by atoms with Crippen LogP contribution in [0.5, 0.6) is 0 Å². The first-order valence-corrected chi connectivity index (χ1v) is 8.05. The Hall–Kier alpha value is -0.860. The largest absolute Gasteiger partial charge is 0.313 e. The molecule has 0 amide bonds. The van der Waals surface area contributed by atoms with Gasteiger partial charge in [-0.1, -0.05) is 54.9 Å². The molecule has 0 aliphatic rings. The van der Waals surface area contributed by atoms with Crippen molar-refractivity contribution < 1.29 is 0 Å². The third-order valence-corrected chi connectivity index (χ3v) is 4.25. The van der Waals surface area contributed by atoms with E-state index in [1.54, 1.807) is 0 Å². The minimum atomic E-state index is 0.386. The average Bonchev–Trinajstić information content (AvgIpc) is 2.38. The Kier molecular flexibility index (Phi) is 4.87. The van der Waals surface area contributed by atoms with E-state index in [9.17, 15) is 0 Å².